The van der Waals surface area contributed by atoms with Crippen LogP contribution in [0.25, 0.3) is 0 Å². The second-order valence-corrected chi connectivity index (χ2v) is 5.27. The summed E-state index contributed by atoms with van der Waals surface area (Å²) in [7, 11) is 0. The van der Waals surface area contributed by atoms with Crippen molar-refractivity contribution >= 4 is 28.8 Å². The van der Waals surface area contributed by atoms with Gasteiger partial charge in [-0.15, -0.1) is 0 Å². The summed E-state index contributed by atoms with van der Waals surface area (Å²) in [5, 5.41) is 0.546. The molecule has 18 heavy (non-hydrogen) atoms. The van der Waals surface area contributed by atoms with Crippen LogP contribution in [0.4, 0.5) is 4.39 Å². The fraction of sp³-hybridized carbons (Fsp3) is 0.462. The highest BCUT2D eigenvalue weighted by molar-refractivity contribution is 7.80. The van der Waals surface area contributed by atoms with Crippen LogP contribution in [0, 0.1) is 11.7 Å². The first-order valence-electron chi connectivity index (χ1n) is 5.89. The summed E-state index contributed by atoms with van der Waals surface area (Å²) in [5.41, 5.74) is 6.19. The summed E-state index contributed by atoms with van der Waals surface area (Å²) in [5.74, 6) is -0.122. The molecular weight excluding hydrogens is 271 g/mol. The van der Waals surface area contributed by atoms with Crippen molar-refractivity contribution in [2.75, 3.05) is 13.1 Å². The number of benzene rings is 1. The molecular formula is C13H18ClFN2S. The van der Waals surface area contributed by atoms with E-state index in [4.69, 9.17) is 29.6 Å². The minimum atomic E-state index is -0.235. The second-order valence-electron chi connectivity index (χ2n) is 4.37. The van der Waals surface area contributed by atoms with E-state index < -0.39 is 0 Å². The summed E-state index contributed by atoms with van der Waals surface area (Å²) in [6.45, 7) is 6.03. The number of rotatable bonds is 6. The van der Waals surface area contributed by atoms with Crippen molar-refractivity contribution in [2.24, 2.45) is 11.7 Å². The van der Waals surface area contributed by atoms with Crippen molar-refractivity contribution in [3.8, 4) is 0 Å². The molecule has 5 heteroatoms. The number of thiocarbonyl (C=S) groups is 1. The standard InChI is InChI=1S/C13H18ClFN2S/c1-3-17(7-9(2)13(16)18)8-10-6-11(14)4-5-12(10)15/h4-6,9H,3,7-8H2,1-2H3,(H2,16,18). The van der Waals surface area contributed by atoms with Gasteiger partial charge in [-0.05, 0) is 24.7 Å². The van der Waals surface area contributed by atoms with E-state index in [0.717, 1.165) is 13.1 Å². The highest BCUT2D eigenvalue weighted by atomic mass is 35.5. The molecule has 0 aliphatic heterocycles. The first-order valence-corrected chi connectivity index (χ1v) is 6.68. The zero-order chi connectivity index (χ0) is 13.7. The van der Waals surface area contributed by atoms with E-state index in [9.17, 15) is 4.39 Å². The number of nitrogens with zero attached hydrogens (tertiary/aromatic N) is 1. The lowest BCUT2D eigenvalue weighted by molar-refractivity contribution is 0.260. The lowest BCUT2D eigenvalue weighted by Crippen LogP contribution is -2.33. The van der Waals surface area contributed by atoms with Gasteiger partial charge < -0.3 is 5.73 Å². The molecule has 0 saturated carbocycles. The Labute approximate surface area is 118 Å². The van der Waals surface area contributed by atoms with Gasteiger partial charge in [-0.1, -0.05) is 37.7 Å². The number of nitrogens with two attached hydrogens (primary N) is 1. The van der Waals surface area contributed by atoms with Gasteiger partial charge in [0.1, 0.15) is 5.82 Å². The lowest BCUT2D eigenvalue weighted by atomic mass is 10.1. The molecule has 100 valence electrons. The van der Waals surface area contributed by atoms with Crippen LogP contribution in [0.3, 0.4) is 0 Å². The number of hydrogen-bond donors (Lipinski definition) is 1. The summed E-state index contributed by atoms with van der Waals surface area (Å²) in [6, 6.07) is 4.60. The van der Waals surface area contributed by atoms with E-state index in [0.29, 0.717) is 22.1 Å². The van der Waals surface area contributed by atoms with Crippen molar-refractivity contribution in [3.63, 3.8) is 0 Å². The van der Waals surface area contributed by atoms with Crippen LogP contribution in [0.2, 0.25) is 5.02 Å². The van der Waals surface area contributed by atoms with Crippen LogP contribution in [0.15, 0.2) is 18.2 Å². The van der Waals surface area contributed by atoms with Gasteiger partial charge in [-0.3, -0.25) is 4.90 Å². The molecule has 0 radical (unpaired) electrons. The Morgan fingerprint density at radius 3 is 2.78 bits per heavy atom. The normalized spacial score (nSPS) is 12.7. The van der Waals surface area contributed by atoms with Crippen molar-refractivity contribution in [1.82, 2.24) is 4.90 Å². The molecule has 1 atom stereocenters. The quantitative estimate of drug-likeness (QED) is 0.815. The SMILES string of the molecule is CCN(Cc1cc(Cl)ccc1F)CC(C)C(N)=S. The van der Waals surface area contributed by atoms with Crippen LogP contribution in [0.1, 0.15) is 19.4 Å². The molecule has 0 aliphatic carbocycles. The third-order valence-corrected chi connectivity index (χ3v) is 3.50. The van der Waals surface area contributed by atoms with Crippen LogP contribution >= 0.6 is 23.8 Å². The summed E-state index contributed by atoms with van der Waals surface area (Å²) in [6.07, 6.45) is 0. The Bertz CT molecular complexity index is 425. The van der Waals surface area contributed by atoms with Crippen molar-refractivity contribution in [1.29, 1.82) is 0 Å². The number of hydrogen-bond acceptors (Lipinski definition) is 2. The minimum Gasteiger partial charge on any atom is -0.393 e. The maximum atomic E-state index is 13.6. The molecule has 0 spiro atoms. The second kappa shape index (κ2) is 7.02. The van der Waals surface area contributed by atoms with Gasteiger partial charge in [-0.2, -0.15) is 0 Å². The van der Waals surface area contributed by atoms with E-state index in [2.05, 4.69) is 4.90 Å². The van der Waals surface area contributed by atoms with Gasteiger partial charge in [0.25, 0.3) is 0 Å². The molecule has 2 N–H and O–H groups in total. The monoisotopic (exact) mass is 288 g/mol. The Balaban J connectivity index is 2.73. The van der Waals surface area contributed by atoms with E-state index >= 15 is 0 Å². The zero-order valence-electron chi connectivity index (χ0n) is 10.6. The van der Waals surface area contributed by atoms with E-state index in [1.165, 1.54) is 6.07 Å². The number of halogens is 2. The average Bonchev–Trinajstić information content (AvgIpc) is 2.32. The van der Waals surface area contributed by atoms with Crippen LogP contribution < -0.4 is 5.73 Å². The van der Waals surface area contributed by atoms with Gasteiger partial charge in [-0.25, -0.2) is 4.39 Å². The Morgan fingerprint density at radius 1 is 1.56 bits per heavy atom. The summed E-state index contributed by atoms with van der Waals surface area (Å²) in [4.78, 5) is 2.58. The molecule has 1 rings (SSSR count). The molecule has 1 aromatic carbocycles. The van der Waals surface area contributed by atoms with Crippen LogP contribution in [-0.4, -0.2) is 23.0 Å². The molecule has 0 aliphatic rings. The molecule has 0 fully saturated rings. The maximum absolute atomic E-state index is 13.6. The molecule has 0 bridgehead atoms. The van der Waals surface area contributed by atoms with Crippen molar-refractivity contribution in [3.05, 3.63) is 34.6 Å². The van der Waals surface area contributed by atoms with Gasteiger partial charge >= 0.3 is 0 Å². The lowest BCUT2D eigenvalue weighted by Gasteiger charge is -2.24. The third-order valence-electron chi connectivity index (χ3n) is 2.87. The van der Waals surface area contributed by atoms with Gasteiger partial charge in [0.05, 0.1) is 4.99 Å². The topological polar surface area (TPSA) is 29.3 Å². The Morgan fingerprint density at radius 2 is 2.22 bits per heavy atom. The molecule has 0 amide bonds. The third kappa shape index (κ3) is 4.52. The molecule has 1 aromatic rings. The van der Waals surface area contributed by atoms with Crippen molar-refractivity contribution < 1.29 is 4.39 Å². The minimum absolute atomic E-state index is 0.113. The summed E-state index contributed by atoms with van der Waals surface area (Å²) >= 11 is 10.8. The predicted molar refractivity (Wildman–Crippen MR) is 78.3 cm³/mol. The Hall–Kier alpha value is -0.710. The highest BCUT2D eigenvalue weighted by Crippen LogP contribution is 2.17. The molecule has 2 nitrogen and oxygen atoms in total. The van der Waals surface area contributed by atoms with E-state index in [1.807, 2.05) is 13.8 Å². The van der Waals surface area contributed by atoms with Gasteiger partial charge in [0.2, 0.25) is 0 Å². The van der Waals surface area contributed by atoms with Crippen LogP contribution in [-0.2, 0) is 6.54 Å². The predicted octanol–water partition coefficient (Wildman–Crippen LogP) is 3.22. The summed E-state index contributed by atoms with van der Waals surface area (Å²) < 4.78 is 13.6. The van der Waals surface area contributed by atoms with E-state index in [-0.39, 0.29) is 11.7 Å². The molecule has 0 saturated heterocycles. The first-order chi connectivity index (χ1) is 8.43. The van der Waals surface area contributed by atoms with Gasteiger partial charge in [0.15, 0.2) is 0 Å². The van der Waals surface area contributed by atoms with Crippen molar-refractivity contribution in [2.45, 2.75) is 20.4 Å². The Kier molecular flexibility index (Phi) is 5.99. The molecule has 1 unspecified atom stereocenters. The highest BCUT2D eigenvalue weighted by Gasteiger charge is 2.13. The smallest absolute Gasteiger partial charge is 0.127 e. The maximum Gasteiger partial charge on any atom is 0.127 e. The fourth-order valence-corrected chi connectivity index (χ4v) is 1.96. The first kappa shape index (κ1) is 15.3. The average molecular weight is 289 g/mol. The van der Waals surface area contributed by atoms with Gasteiger partial charge in [0, 0.05) is 29.6 Å². The zero-order valence-corrected chi connectivity index (χ0v) is 12.2. The molecule has 0 heterocycles. The largest absolute Gasteiger partial charge is 0.393 e. The van der Waals surface area contributed by atoms with Crippen LogP contribution in [0.5, 0.6) is 0 Å². The molecule has 0 aromatic heterocycles. The fourth-order valence-electron chi connectivity index (χ4n) is 1.69. The van der Waals surface area contributed by atoms with E-state index in [1.54, 1.807) is 12.1 Å².